The van der Waals surface area contributed by atoms with Crippen LogP contribution in [0.15, 0.2) is 16.7 Å². The van der Waals surface area contributed by atoms with E-state index in [-0.39, 0.29) is 5.91 Å². The van der Waals surface area contributed by atoms with Gasteiger partial charge in [0.1, 0.15) is 0 Å². The highest BCUT2D eigenvalue weighted by molar-refractivity contribution is 5.93. The summed E-state index contributed by atoms with van der Waals surface area (Å²) in [5, 5.41) is 0. The summed E-state index contributed by atoms with van der Waals surface area (Å²) in [7, 11) is 2.17. The minimum atomic E-state index is 0.0455. The first-order chi connectivity index (χ1) is 9.65. The van der Waals surface area contributed by atoms with Crippen molar-refractivity contribution in [2.24, 2.45) is 0 Å². The highest BCUT2D eigenvalue weighted by Crippen LogP contribution is 2.20. The van der Waals surface area contributed by atoms with Crippen molar-refractivity contribution < 1.29 is 9.21 Å². The second kappa shape index (κ2) is 5.58. The number of piperazine rings is 1. The highest BCUT2D eigenvalue weighted by atomic mass is 16.3. The lowest BCUT2D eigenvalue weighted by molar-refractivity contribution is 0.0724. The Hall–Kier alpha value is -1.33. The van der Waals surface area contributed by atoms with Gasteiger partial charge in [-0.25, -0.2) is 0 Å². The van der Waals surface area contributed by atoms with Crippen molar-refractivity contribution in [2.45, 2.75) is 19.4 Å². The molecule has 5 heteroatoms. The molecule has 0 radical (unpaired) electrons. The van der Waals surface area contributed by atoms with E-state index >= 15 is 0 Å². The van der Waals surface area contributed by atoms with Gasteiger partial charge in [0, 0.05) is 50.9 Å². The molecule has 5 nitrogen and oxygen atoms in total. The summed E-state index contributed by atoms with van der Waals surface area (Å²) >= 11 is 0. The fraction of sp³-hybridized carbons (Fsp3) is 0.667. The molecule has 110 valence electrons. The van der Waals surface area contributed by atoms with Gasteiger partial charge in [-0.1, -0.05) is 0 Å². The van der Waals surface area contributed by atoms with Crippen LogP contribution in [0.3, 0.4) is 0 Å². The fourth-order valence-corrected chi connectivity index (χ4v) is 3.15. The Bertz CT molecular complexity index is 477. The van der Waals surface area contributed by atoms with Crippen molar-refractivity contribution in [3.8, 4) is 0 Å². The van der Waals surface area contributed by atoms with Gasteiger partial charge >= 0.3 is 0 Å². The quantitative estimate of drug-likeness (QED) is 0.810. The van der Waals surface area contributed by atoms with Gasteiger partial charge in [-0.15, -0.1) is 0 Å². The number of hydrogen-bond acceptors (Lipinski definition) is 4. The Balaban J connectivity index is 1.59. The Kier molecular flexibility index (Phi) is 3.81. The summed E-state index contributed by atoms with van der Waals surface area (Å²) in [5.41, 5.74) is 0.929. The largest absolute Gasteiger partial charge is 0.459 e. The first-order valence-electron chi connectivity index (χ1n) is 7.41. The minimum Gasteiger partial charge on any atom is -0.459 e. The molecule has 1 aromatic heterocycles. The molecule has 1 amide bonds. The summed E-state index contributed by atoms with van der Waals surface area (Å²) in [6.45, 7) is 8.08. The standard InChI is InChI=1S/C15H23N3O2/c1-12-4-10-20-14(12)15(19)18-5-3-13(11-18)17-8-6-16(2)7-9-17/h4,10,13H,3,5-9,11H2,1-2H3/t13-/m0/s1. The molecule has 1 aromatic rings. The molecular formula is C15H23N3O2. The van der Waals surface area contributed by atoms with Crippen LogP contribution < -0.4 is 0 Å². The van der Waals surface area contributed by atoms with Gasteiger partial charge in [-0.05, 0) is 26.5 Å². The minimum absolute atomic E-state index is 0.0455. The number of likely N-dealkylation sites (N-methyl/N-ethyl adjacent to an activating group) is 1. The zero-order valence-electron chi connectivity index (χ0n) is 12.3. The molecule has 0 N–H and O–H groups in total. The smallest absolute Gasteiger partial charge is 0.289 e. The summed E-state index contributed by atoms with van der Waals surface area (Å²) in [6.07, 6.45) is 2.67. The predicted octanol–water partition coefficient (Wildman–Crippen LogP) is 1.05. The molecule has 2 aliphatic heterocycles. The topological polar surface area (TPSA) is 39.9 Å². The summed E-state index contributed by atoms with van der Waals surface area (Å²) in [4.78, 5) is 19.2. The van der Waals surface area contributed by atoms with E-state index in [1.807, 2.05) is 17.9 Å². The Morgan fingerprint density at radius 3 is 2.65 bits per heavy atom. The Labute approximate surface area is 120 Å². The molecule has 2 fully saturated rings. The van der Waals surface area contributed by atoms with E-state index in [2.05, 4.69) is 16.8 Å². The molecular weight excluding hydrogens is 254 g/mol. The molecule has 0 unspecified atom stereocenters. The maximum Gasteiger partial charge on any atom is 0.289 e. The number of likely N-dealkylation sites (tertiary alicyclic amines) is 1. The number of nitrogens with zero attached hydrogens (tertiary/aromatic N) is 3. The van der Waals surface area contributed by atoms with Crippen molar-refractivity contribution in [2.75, 3.05) is 46.3 Å². The average molecular weight is 277 g/mol. The summed E-state index contributed by atoms with van der Waals surface area (Å²) in [5.74, 6) is 0.549. The third kappa shape index (κ3) is 2.60. The number of rotatable bonds is 2. The maximum absolute atomic E-state index is 12.4. The van der Waals surface area contributed by atoms with Crippen LogP contribution in [-0.4, -0.2) is 73.0 Å². The fourth-order valence-electron chi connectivity index (χ4n) is 3.15. The van der Waals surface area contributed by atoms with E-state index in [9.17, 15) is 4.79 Å². The van der Waals surface area contributed by atoms with Crippen molar-refractivity contribution in [3.05, 3.63) is 23.7 Å². The molecule has 1 atom stereocenters. The van der Waals surface area contributed by atoms with Gasteiger partial charge in [-0.3, -0.25) is 9.69 Å². The number of furan rings is 1. The zero-order valence-corrected chi connectivity index (χ0v) is 12.3. The van der Waals surface area contributed by atoms with Gasteiger partial charge in [0.2, 0.25) is 0 Å². The van der Waals surface area contributed by atoms with E-state index in [0.29, 0.717) is 11.8 Å². The van der Waals surface area contributed by atoms with Crippen molar-refractivity contribution >= 4 is 5.91 Å². The molecule has 3 rings (SSSR count). The van der Waals surface area contributed by atoms with E-state index in [0.717, 1.165) is 51.3 Å². The van der Waals surface area contributed by atoms with E-state index in [4.69, 9.17) is 4.42 Å². The van der Waals surface area contributed by atoms with E-state index in [1.54, 1.807) is 6.26 Å². The Morgan fingerprint density at radius 2 is 2.00 bits per heavy atom. The van der Waals surface area contributed by atoms with E-state index < -0.39 is 0 Å². The third-order valence-electron chi connectivity index (χ3n) is 4.56. The molecule has 0 saturated carbocycles. The van der Waals surface area contributed by atoms with E-state index in [1.165, 1.54) is 0 Å². The first-order valence-corrected chi connectivity index (χ1v) is 7.41. The van der Waals surface area contributed by atoms with Crippen LogP contribution in [0.5, 0.6) is 0 Å². The van der Waals surface area contributed by atoms with Crippen LogP contribution in [0.2, 0.25) is 0 Å². The number of amides is 1. The molecule has 20 heavy (non-hydrogen) atoms. The van der Waals surface area contributed by atoms with Gasteiger partial charge < -0.3 is 14.2 Å². The third-order valence-corrected chi connectivity index (χ3v) is 4.56. The van der Waals surface area contributed by atoms with Gasteiger partial charge in [0.25, 0.3) is 5.91 Å². The molecule has 0 aromatic carbocycles. The van der Waals surface area contributed by atoms with Crippen LogP contribution in [0.25, 0.3) is 0 Å². The molecule has 2 aliphatic rings. The van der Waals surface area contributed by atoms with Crippen LogP contribution in [0.4, 0.5) is 0 Å². The van der Waals surface area contributed by atoms with Gasteiger partial charge in [0.15, 0.2) is 5.76 Å². The molecule has 2 saturated heterocycles. The highest BCUT2D eigenvalue weighted by Gasteiger charge is 2.33. The number of carbonyl (C=O) groups is 1. The second-order valence-corrected chi connectivity index (χ2v) is 5.97. The summed E-state index contributed by atoms with van der Waals surface area (Å²) in [6, 6.07) is 2.37. The normalized spacial score (nSPS) is 25.3. The number of aryl methyl sites for hydroxylation is 1. The average Bonchev–Trinajstić information content (AvgIpc) is 3.08. The molecule has 0 bridgehead atoms. The SMILES string of the molecule is Cc1ccoc1C(=O)N1CC[C@H](N2CCN(C)CC2)C1. The number of carbonyl (C=O) groups excluding carboxylic acids is 1. The molecule has 3 heterocycles. The zero-order chi connectivity index (χ0) is 14.1. The van der Waals surface area contributed by atoms with Crippen LogP contribution in [0, 0.1) is 6.92 Å². The lowest BCUT2D eigenvalue weighted by Gasteiger charge is -2.36. The van der Waals surface area contributed by atoms with Gasteiger partial charge in [-0.2, -0.15) is 0 Å². The predicted molar refractivity (Wildman–Crippen MR) is 76.8 cm³/mol. The first kappa shape index (κ1) is 13.6. The molecule has 0 spiro atoms. The maximum atomic E-state index is 12.4. The number of hydrogen-bond donors (Lipinski definition) is 0. The lowest BCUT2D eigenvalue weighted by Crippen LogP contribution is -2.50. The second-order valence-electron chi connectivity index (χ2n) is 5.97. The van der Waals surface area contributed by atoms with Crippen LogP contribution in [0.1, 0.15) is 22.5 Å². The van der Waals surface area contributed by atoms with Crippen LogP contribution in [-0.2, 0) is 0 Å². The summed E-state index contributed by atoms with van der Waals surface area (Å²) < 4.78 is 5.32. The van der Waals surface area contributed by atoms with Gasteiger partial charge in [0.05, 0.1) is 6.26 Å². The van der Waals surface area contributed by atoms with Crippen molar-refractivity contribution in [1.82, 2.24) is 14.7 Å². The lowest BCUT2D eigenvalue weighted by atomic mass is 10.2. The molecule has 0 aliphatic carbocycles. The van der Waals surface area contributed by atoms with Crippen molar-refractivity contribution in [3.63, 3.8) is 0 Å². The Morgan fingerprint density at radius 1 is 1.25 bits per heavy atom. The monoisotopic (exact) mass is 277 g/mol. The van der Waals surface area contributed by atoms with Crippen LogP contribution >= 0.6 is 0 Å². The van der Waals surface area contributed by atoms with Crippen molar-refractivity contribution in [1.29, 1.82) is 0 Å².